The van der Waals surface area contributed by atoms with E-state index in [0.29, 0.717) is 24.3 Å². The average Bonchev–Trinajstić information content (AvgIpc) is 3.13. The van der Waals surface area contributed by atoms with Crippen LogP contribution < -0.4 is 5.43 Å². The van der Waals surface area contributed by atoms with Crippen molar-refractivity contribution in [2.75, 3.05) is 32.7 Å². The summed E-state index contributed by atoms with van der Waals surface area (Å²) in [5.74, 6) is 0.654. The first-order chi connectivity index (χ1) is 23.1. The van der Waals surface area contributed by atoms with Crippen LogP contribution in [0, 0.1) is 17.2 Å². The number of nitriles is 1. The summed E-state index contributed by atoms with van der Waals surface area (Å²) in [5.41, 5.74) is 8.08. The Labute approximate surface area is 278 Å². The molecule has 1 heterocycles. The normalized spacial score (nSPS) is 13.9. The van der Waals surface area contributed by atoms with Crippen LogP contribution in [0.3, 0.4) is 0 Å². The maximum Gasteiger partial charge on any atom is 0.424 e. The van der Waals surface area contributed by atoms with Gasteiger partial charge in [0, 0.05) is 12.0 Å². The zero-order chi connectivity index (χ0) is 32.7. The van der Waals surface area contributed by atoms with E-state index in [9.17, 15) is 9.59 Å². The fourth-order valence-corrected chi connectivity index (χ4v) is 6.64. The Morgan fingerprint density at radius 2 is 1.47 bits per heavy atom. The molecular weight excluding hydrogens is 584 g/mol. The molecule has 242 valence electrons. The van der Waals surface area contributed by atoms with E-state index in [-0.39, 0.29) is 13.2 Å². The Kier molecular flexibility index (Phi) is 12.3. The van der Waals surface area contributed by atoms with Crippen molar-refractivity contribution in [3.63, 3.8) is 0 Å². The van der Waals surface area contributed by atoms with E-state index in [1.165, 1.54) is 10.6 Å². The van der Waals surface area contributed by atoms with Gasteiger partial charge in [-0.1, -0.05) is 103 Å². The van der Waals surface area contributed by atoms with Gasteiger partial charge in [0.05, 0.1) is 18.2 Å². The van der Waals surface area contributed by atoms with Crippen molar-refractivity contribution in [3.8, 4) is 6.07 Å². The molecule has 1 N–H and O–H groups in total. The van der Waals surface area contributed by atoms with Crippen LogP contribution in [0.15, 0.2) is 115 Å². The van der Waals surface area contributed by atoms with Crippen LogP contribution in [-0.2, 0) is 28.0 Å². The second-order valence-electron chi connectivity index (χ2n) is 12.4. The predicted octanol–water partition coefficient (Wildman–Crippen LogP) is 6.92. The number of hydrogen-bond acceptors (Lipinski definition) is 6. The van der Waals surface area contributed by atoms with E-state index in [0.717, 1.165) is 68.4 Å². The van der Waals surface area contributed by atoms with Crippen LogP contribution in [0.25, 0.3) is 0 Å². The number of likely N-dealkylation sites (tertiary alicyclic amines) is 1. The third-order valence-corrected chi connectivity index (χ3v) is 9.30. The van der Waals surface area contributed by atoms with Gasteiger partial charge >= 0.3 is 6.09 Å². The highest BCUT2D eigenvalue weighted by Gasteiger charge is 2.35. The number of ether oxygens (including phenoxy) is 1. The highest BCUT2D eigenvalue weighted by atomic mass is 16.6. The first-order valence-electron chi connectivity index (χ1n) is 16.6. The van der Waals surface area contributed by atoms with E-state index in [1.807, 2.05) is 54.6 Å². The molecule has 0 spiro atoms. The van der Waals surface area contributed by atoms with E-state index in [4.69, 9.17) is 10.00 Å². The lowest BCUT2D eigenvalue weighted by molar-refractivity contribution is -0.109. The Balaban J connectivity index is 1.25. The van der Waals surface area contributed by atoms with Crippen molar-refractivity contribution in [1.82, 2.24) is 15.3 Å². The molecular formula is C40H44N4O3. The van der Waals surface area contributed by atoms with Crippen LogP contribution in [0.2, 0.25) is 0 Å². The highest BCUT2D eigenvalue weighted by molar-refractivity contribution is 5.70. The predicted molar refractivity (Wildman–Crippen MR) is 184 cm³/mol. The highest BCUT2D eigenvalue weighted by Crippen LogP contribution is 2.37. The molecule has 1 saturated heterocycles. The van der Waals surface area contributed by atoms with Crippen molar-refractivity contribution in [1.29, 1.82) is 5.26 Å². The summed E-state index contributed by atoms with van der Waals surface area (Å²) >= 11 is 0. The minimum atomic E-state index is -0.583. The molecule has 0 atom stereocenters. The summed E-state index contributed by atoms with van der Waals surface area (Å²) in [5, 5.41) is 10.4. The van der Waals surface area contributed by atoms with E-state index in [2.05, 4.69) is 77.1 Å². The van der Waals surface area contributed by atoms with Gasteiger partial charge in [0.25, 0.3) is 0 Å². The number of carbonyl (C=O) groups excluding carboxylic acids is 2. The minimum absolute atomic E-state index is 0.120. The monoisotopic (exact) mass is 628 g/mol. The van der Waals surface area contributed by atoms with Gasteiger partial charge in [-0.3, -0.25) is 0 Å². The first kappa shape index (κ1) is 33.6. The Morgan fingerprint density at radius 3 is 2.04 bits per heavy atom. The Hall–Kier alpha value is -4.77. The largest absolute Gasteiger partial charge is 0.444 e. The van der Waals surface area contributed by atoms with E-state index >= 15 is 0 Å². The van der Waals surface area contributed by atoms with E-state index < -0.39 is 11.5 Å². The lowest BCUT2D eigenvalue weighted by atomic mass is 9.71. The van der Waals surface area contributed by atoms with Crippen LogP contribution >= 0.6 is 0 Å². The number of amides is 1. The summed E-state index contributed by atoms with van der Waals surface area (Å²) in [6, 6.07) is 40.6. The maximum absolute atomic E-state index is 13.2. The fourth-order valence-electron chi connectivity index (χ4n) is 6.64. The van der Waals surface area contributed by atoms with Crippen molar-refractivity contribution < 1.29 is 14.3 Å². The third-order valence-electron chi connectivity index (χ3n) is 9.30. The molecule has 47 heavy (non-hydrogen) atoms. The van der Waals surface area contributed by atoms with Crippen molar-refractivity contribution in [2.45, 2.75) is 44.1 Å². The molecule has 0 bridgehead atoms. The minimum Gasteiger partial charge on any atom is -0.444 e. The molecule has 1 amide bonds. The number of hydrogen-bond donors (Lipinski definition) is 1. The molecule has 4 aromatic rings. The van der Waals surface area contributed by atoms with Gasteiger partial charge in [-0.2, -0.15) is 5.26 Å². The van der Waals surface area contributed by atoms with Gasteiger partial charge in [-0.15, -0.1) is 0 Å². The number of rotatable bonds is 15. The second kappa shape index (κ2) is 17.2. The van der Waals surface area contributed by atoms with Gasteiger partial charge in [0.1, 0.15) is 12.9 Å². The molecule has 4 aromatic carbocycles. The lowest BCUT2D eigenvalue weighted by Crippen LogP contribution is -2.51. The quantitative estimate of drug-likeness (QED) is 0.114. The number of nitrogens with zero attached hydrogens (tertiary/aromatic N) is 3. The molecule has 0 radical (unpaired) electrons. The molecule has 0 aromatic heterocycles. The summed E-state index contributed by atoms with van der Waals surface area (Å²) in [4.78, 5) is 27.4. The van der Waals surface area contributed by atoms with Crippen LogP contribution in [-0.4, -0.2) is 55.0 Å². The lowest BCUT2D eigenvalue weighted by Gasteiger charge is -2.38. The molecule has 1 aliphatic rings. The van der Waals surface area contributed by atoms with Crippen LogP contribution in [0.1, 0.15) is 53.5 Å². The van der Waals surface area contributed by atoms with E-state index in [1.54, 1.807) is 0 Å². The molecule has 0 aliphatic carbocycles. The molecule has 5 rings (SSSR count). The SMILES string of the molecule is N#Cc1ccc(CC2CCN(CCCC(CNN(CC=O)C(=O)OCc3ccccc3)(c3ccccc3)c3ccccc3)CC2)cc1. The number of aldehydes is 1. The number of nitrogens with one attached hydrogen (secondary N) is 1. The fraction of sp³-hybridized carbons (Fsp3) is 0.325. The topological polar surface area (TPSA) is 85.7 Å². The zero-order valence-corrected chi connectivity index (χ0v) is 27.0. The molecule has 7 heteroatoms. The Morgan fingerprint density at radius 1 is 0.872 bits per heavy atom. The average molecular weight is 629 g/mol. The maximum atomic E-state index is 13.2. The summed E-state index contributed by atoms with van der Waals surface area (Å²) in [6.07, 6.45) is 5.34. The number of benzene rings is 4. The standard InChI is InChI=1S/C40H44N4O3/c41-30-35-19-17-33(18-20-35)29-34-21-25-43(26-22-34)24-10-23-40(37-13-6-2-7-14-37,38-15-8-3-9-16-38)32-42-44(27-28-45)39(46)47-31-36-11-4-1-5-12-36/h1-9,11-20,28,34,42H,10,21-27,29,31-32H2. The smallest absolute Gasteiger partial charge is 0.424 e. The zero-order valence-electron chi connectivity index (χ0n) is 27.0. The molecule has 0 saturated carbocycles. The molecule has 0 unspecified atom stereocenters. The van der Waals surface area contributed by atoms with Crippen molar-refractivity contribution >= 4 is 12.4 Å². The Bertz CT molecular complexity index is 1530. The van der Waals surface area contributed by atoms with Crippen molar-refractivity contribution in [3.05, 3.63) is 143 Å². The molecule has 1 fully saturated rings. The molecule has 1 aliphatic heterocycles. The van der Waals surface area contributed by atoms with Crippen LogP contribution in [0.4, 0.5) is 4.79 Å². The van der Waals surface area contributed by atoms with Gasteiger partial charge < -0.3 is 14.4 Å². The second-order valence-corrected chi connectivity index (χ2v) is 12.4. The summed E-state index contributed by atoms with van der Waals surface area (Å²) in [6.45, 7) is 3.56. The van der Waals surface area contributed by atoms with Crippen molar-refractivity contribution in [2.24, 2.45) is 5.92 Å². The van der Waals surface area contributed by atoms with Crippen LogP contribution in [0.5, 0.6) is 0 Å². The molecule has 7 nitrogen and oxygen atoms in total. The van der Waals surface area contributed by atoms with Gasteiger partial charge in [0.2, 0.25) is 0 Å². The van der Waals surface area contributed by atoms with Gasteiger partial charge in [-0.25, -0.2) is 15.2 Å². The van der Waals surface area contributed by atoms with Gasteiger partial charge in [0.15, 0.2) is 0 Å². The number of hydrazine groups is 1. The number of carbonyl (C=O) groups is 2. The number of piperidine rings is 1. The third kappa shape index (κ3) is 9.38. The van der Waals surface area contributed by atoms with Gasteiger partial charge in [-0.05, 0) is 92.0 Å². The first-order valence-corrected chi connectivity index (χ1v) is 16.6. The summed E-state index contributed by atoms with van der Waals surface area (Å²) < 4.78 is 5.58. The summed E-state index contributed by atoms with van der Waals surface area (Å²) in [7, 11) is 0.